The van der Waals surface area contributed by atoms with Gasteiger partial charge in [-0.25, -0.2) is 9.59 Å². The number of ether oxygens (including phenoxy) is 1. The minimum atomic E-state index is -1.12. The normalized spacial score (nSPS) is 12.5. The molecular weight excluding hydrogens is 292 g/mol. The number of amides is 1. The van der Waals surface area contributed by atoms with Crippen LogP contribution in [0.15, 0.2) is 29.2 Å². The molecule has 0 aliphatic heterocycles. The Balaban J connectivity index is 2.61. The van der Waals surface area contributed by atoms with E-state index in [0.29, 0.717) is 5.69 Å². The standard InChI is InChI=1S/C14H20N2O4S/c1-14(2,3)20-13(19)16-10(12(17)18)8-21-11-7-5-4-6-9(11)15/h4-7,10H,8,15H2,1-3H3,(H,16,19)(H,17,18)/t10-/m1/s1. The van der Waals surface area contributed by atoms with Crippen LogP contribution in [-0.2, 0) is 9.53 Å². The topological polar surface area (TPSA) is 102 Å². The third kappa shape index (κ3) is 6.40. The van der Waals surface area contributed by atoms with Gasteiger partial charge in [0.25, 0.3) is 0 Å². The van der Waals surface area contributed by atoms with Crippen LogP contribution in [0.5, 0.6) is 0 Å². The first-order valence-corrected chi connectivity index (χ1v) is 7.37. The first-order chi connectivity index (χ1) is 9.69. The molecule has 1 rings (SSSR count). The lowest BCUT2D eigenvalue weighted by Crippen LogP contribution is -2.44. The van der Waals surface area contributed by atoms with E-state index in [1.54, 1.807) is 39.0 Å². The van der Waals surface area contributed by atoms with Crippen LogP contribution in [-0.4, -0.2) is 34.6 Å². The number of nitrogens with two attached hydrogens (primary N) is 1. The van der Waals surface area contributed by atoms with Crippen molar-refractivity contribution < 1.29 is 19.4 Å². The minimum Gasteiger partial charge on any atom is -0.480 e. The Kier molecular flexibility index (Phi) is 5.90. The molecule has 1 amide bonds. The molecule has 0 saturated heterocycles. The highest BCUT2D eigenvalue weighted by Gasteiger charge is 2.24. The molecule has 116 valence electrons. The molecule has 1 atom stereocenters. The van der Waals surface area contributed by atoms with Gasteiger partial charge in [0.1, 0.15) is 11.6 Å². The average Bonchev–Trinajstić information content (AvgIpc) is 2.33. The summed E-state index contributed by atoms with van der Waals surface area (Å²) in [5.41, 5.74) is 5.68. The molecule has 0 aliphatic carbocycles. The number of alkyl carbamates (subject to hydrolysis) is 1. The quantitative estimate of drug-likeness (QED) is 0.570. The molecule has 0 heterocycles. The van der Waals surface area contributed by atoms with Crippen molar-refractivity contribution in [1.82, 2.24) is 5.32 Å². The Morgan fingerprint density at radius 3 is 2.52 bits per heavy atom. The number of aliphatic carboxylic acids is 1. The number of thioether (sulfide) groups is 1. The van der Waals surface area contributed by atoms with Gasteiger partial charge in [-0.15, -0.1) is 11.8 Å². The zero-order valence-corrected chi connectivity index (χ0v) is 13.1. The summed E-state index contributed by atoms with van der Waals surface area (Å²) in [4.78, 5) is 23.6. The van der Waals surface area contributed by atoms with Gasteiger partial charge in [0.05, 0.1) is 0 Å². The number of anilines is 1. The van der Waals surface area contributed by atoms with Gasteiger partial charge in [0, 0.05) is 16.3 Å². The van der Waals surface area contributed by atoms with E-state index < -0.39 is 23.7 Å². The first-order valence-electron chi connectivity index (χ1n) is 6.38. The third-order valence-electron chi connectivity index (χ3n) is 2.31. The van der Waals surface area contributed by atoms with Crippen molar-refractivity contribution in [3.8, 4) is 0 Å². The smallest absolute Gasteiger partial charge is 0.408 e. The summed E-state index contributed by atoms with van der Waals surface area (Å²) in [7, 11) is 0. The second-order valence-corrected chi connectivity index (χ2v) is 6.45. The predicted molar refractivity (Wildman–Crippen MR) is 82.4 cm³/mol. The maximum Gasteiger partial charge on any atom is 0.408 e. The monoisotopic (exact) mass is 312 g/mol. The largest absolute Gasteiger partial charge is 0.480 e. The van der Waals surface area contributed by atoms with Crippen LogP contribution < -0.4 is 11.1 Å². The Hall–Kier alpha value is -1.89. The van der Waals surface area contributed by atoms with Gasteiger partial charge in [-0.1, -0.05) is 12.1 Å². The van der Waals surface area contributed by atoms with Gasteiger partial charge in [-0.3, -0.25) is 0 Å². The Bertz CT molecular complexity index is 514. The molecule has 1 aromatic rings. The maximum atomic E-state index is 11.6. The van der Waals surface area contributed by atoms with Crippen molar-refractivity contribution >= 4 is 29.5 Å². The van der Waals surface area contributed by atoms with E-state index in [4.69, 9.17) is 15.6 Å². The molecule has 0 unspecified atom stereocenters. The van der Waals surface area contributed by atoms with Crippen LogP contribution in [0.4, 0.5) is 10.5 Å². The summed E-state index contributed by atoms with van der Waals surface area (Å²) in [5, 5.41) is 11.5. The molecule has 0 aromatic heterocycles. The third-order valence-corrected chi connectivity index (χ3v) is 3.50. The van der Waals surface area contributed by atoms with Gasteiger partial charge < -0.3 is 20.9 Å². The van der Waals surface area contributed by atoms with Gasteiger partial charge in [-0.05, 0) is 32.9 Å². The average molecular weight is 312 g/mol. The lowest BCUT2D eigenvalue weighted by Gasteiger charge is -2.22. The van der Waals surface area contributed by atoms with E-state index in [9.17, 15) is 9.59 Å². The molecule has 21 heavy (non-hydrogen) atoms. The van der Waals surface area contributed by atoms with Crippen molar-refractivity contribution in [2.24, 2.45) is 0 Å². The number of benzene rings is 1. The van der Waals surface area contributed by atoms with E-state index in [1.807, 2.05) is 6.07 Å². The minimum absolute atomic E-state index is 0.156. The summed E-state index contributed by atoms with van der Waals surface area (Å²) < 4.78 is 5.05. The van der Waals surface area contributed by atoms with Gasteiger partial charge in [0.15, 0.2) is 0 Å². The fourth-order valence-corrected chi connectivity index (χ4v) is 2.39. The van der Waals surface area contributed by atoms with Crippen molar-refractivity contribution in [3.63, 3.8) is 0 Å². The first kappa shape index (κ1) is 17.2. The molecule has 1 aromatic carbocycles. The fraction of sp³-hybridized carbons (Fsp3) is 0.429. The van der Waals surface area contributed by atoms with Crippen molar-refractivity contribution in [1.29, 1.82) is 0 Å². The van der Waals surface area contributed by atoms with E-state index >= 15 is 0 Å². The van der Waals surface area contributed by atoms with Gasteiger partial charge in [0.2, 0.25) is 0 Å². The number of hydrogen-bond acceptors (Lipinski definition) is 5. The number of carbonyl (C=O) groups is 2. The summed E-state index contributed by atoms with van der Waals surface area (Å²) in [6.45, 7) is 5.13. The highest BCUT2D eigenvalue weighted by molar-refractivity contribution is 7.99. The number of nitrogens with one attached hydrogen (secondary N) is 1. The van der Waals surface area contributed by atoms with Gasteiger partial charge >= 0.3 is 12.1 Å². The second kappa shape index (κ2) is 7.21. The van der Waals surface area contributed by atoms with Crippen LogP contribution in [0.2, 0.25) is 0 Å². The molecule has 0 aliphatic rings. The molecule has 0 fully saturated rings. The Morgan fingerprint density at radius 1 is 1.38 bits per heavy atom. The summed E-state index contributed by atoms with van der Waals surface area (Å²) in [6.07, 6.45) is -0.753. The summed E-state index contributed by atoms with van der Waals surface area (Å²) in [6, 6.07) is 6.10. The maximum absolute atomic E-state index is 11.6. The molecule has 4 N–H and O–H groups in total. The van der Waals surface area contributed by atoms with E-state index in [1.165, 1.54) is 11.8 Å². The lowest BCUT2D eigenvalue weighted by atomic mass is 10.2. The number of carboxylic acid groups (broad SMARTS) is 1. The molecule has 0 bridgehead atoms. The van der Waals surface area contributed by atoms with Crippen LogP contribution in [0.25, 0.3) is 0 Å². The molecule has 0 radical (unpaired) electrons. The van der Waals surface area contributed by atoms with Crippen molar-refractivity contribution in [2.45, 2.75) is 37.3 Å². The summed E-state index contributed by atoms with van der Waals surface area (Å²) >= 11 is 1.27. The number of para-hydroxylation sites is 1. The van der Waals surface area contributed by atoms with Crippen LogP contribution in [0.3, 0.4) is 0 Å². The van der Waals surface area contributed by atoms with Crippen molar-refractivity contribution in [2.75, 3.05) is 11.5 Å². The Labute approximate surface area is 128 Å². The molecular formula is C14H20N2O4S. The lowest BCUT2D eigenvalue weighted by molar-refractivity contribution is -0.138. The summed E-state index contributed by atoms with van der Waals surface area (Å²) in [5.74, 6) is -0.967. The molecule has 0 saturated carbocycles. The van der Waals surface area contributed by atoms with Crippen LogP contribution in [0, 0.1) is 0 Å². The zero-order valence-electron chi connectivity index (χ0n) is 12.3. The highest BCUT2D eigenvalue weighted by Crippen LogP contribution is 2.25. The van der Waals surface area contributed by atoms with Gasteiger partial charge in [-0.2, -0.15) is 0 Å². The van der Waals surface area contributed by atoms with E-state index in [2.05, 4.69) is 5.32 Å². The van der Waals surface area contributed by atoms with Crippen molar-refractivity contribution in [3.05, 3.63) is 24.3 Å². The Morgan fingerprint density at radius 2 is 2.00 bits per heavy atom. The zero-order chi connectivity index (χ0) is 16.0. The SMILES string of the molecule is CC(C)(C)OC(=O)N[C@H](CSc1ccccc1N)C(=O)O. The molecule has 0 spiro atoms. The molecule has 6 nitrogen and oxygen atoms in total. The number of carbonyl (C=O) groups excluding carboxylic acids is 1. The number of rotatable bonds is 5. The number of carboxylic acids is 1. The van der Waals surface area contributed by atoms with E-state index in [-0.39, 0.29) is 5.75 Å². The van der Waals surface area contributed by atoms with Crippen LogP contribution in [0.1, 0.15) is 20.8 Å². The van der Waals surface area contributed by atoms with E-state index in [0.717, 1.165) is 4.90 Å². The number of nitrogen functional groups attached to an aromatic ring is 1. The second-order valence-electron chi connectivity index (χ2n) is 5.39. The fourth-order valence-electron chi connectivity index (χ4n) is 1.41. The number of hydrogen-bond donors (Lipinski definition) is 3. The molecule has 7 heteroatoms. The highest BCUT2D eigenvalue weighted by atomic mass is 32.2. The van der Waals surface area contributed by atoms with Crippen LogP contribution >= 0.6 is 11.8 Å². The predicted octanol–water partition coefficient (Wildman–Crippen LogP) is 2.34.